The minimum absolute atomic E-state index is 0.132. The van der Waals surface area contributed by atoms with Gasteiger partial charge in [-0.2, -0.15) is 0 Å². The SMILES string of the molecule is Cc1cc(Cl)ccc1CNC(=O)C1CN(C)C(=O)N1C. The van der Waals surface area contributed by atoms with Gasteiger partial charge in [-0.1, -0.05) is 17.7 Å². The van der Waals surface area contributed by atoms with Gasteiger partial charge in [0.25, 0.3) is 0 Å². The smallest absolute Gasteiger partial charge is 0.320 e. The fraction of sp³-hybridized carbons (Fsp3) is 0.429. The number of nitrogens with zero attached hydrogens (tertiary/aromatic N) is 2. The maximum absolute atomic E-state index is 12.1. The van der Waals surface area contributed by atoms with Crippen molar-refractivity contribution in [2.24, 2.45) is 0 Å². The Morgan fingerprint density at radius 1 is 1.45 bits per heavy atom. The largest absolute Gasteiger partial charge is 0.350 e. The number of nitrogens with one attached hydrogen (secondary N) is 1. The van der Waals surface area contributed by atoms with Crippen LogP contribution in [-0.2, 0) is 11.3 Å². The lowest BCUT2D eigenvalue weighted by molar-refractivity contribution is -0.124. The van der Waals surface area contributed by atoms with E-state index in [9.17, 15) is 9.59 Å². The van der Waals surface area contributed by atoms with Crippen molar-refractivity contribution < 1.29 is 9.59 Å². The molecule has 0 aliphatic carbocycles. The molecule has 1 aliphatic heterocycles. The molecule has 0 spiro atoms. The Kier molecular flexibility index (Phi) is 4.18. The lowest BCUT2D eigenvalue weighted by Crippen LogP contribution is -2.43. The van der Waals surface area contributed by atoms with Crippen LogP contribution >= 0.6 is 11.6 Å². The monoisotopic (exact) mass is 295 g/mol. The summed E-state index contributed by atoms with van der Waals surface area (Å²) in [6.07, 6.45) is 0. The lowest BCUT2D eigenvalue weighted by Gasteiger charge is -2.17. The number of amides is 3. The Balaban J connectivity index is 1.97. The molecule has 1 aromatic carbocycles. The topological polar surface area (TPSA) is 52.7 Å². The van der Waals surface area contributed by atoms with E-state index in [1.54, 1.807) is 20.2 Å². The third-order valence-electron chi connectivity index (χ3n) is 3.60. The van der Waals surface area contributed by atoms with Gasteiger partial charge in [0, 0.05) is 25.7 Å². The molecule has 1 saturated heterocycles. The van der Waals surface area contributed by atoms with Crippen molar-refractivity contribution in [3.8, 4) is 0 Å². The molecule has 1 aliphatic rings. The second kappa shape index (κ2) is 5.71. The third-order valence-corrected chi connectivity index (χ3v) is 3.84. The molecular formula is C14H18ClN3O2. The molecule has 20 heavy (non-hydrogen) atoms. The Bertz CT molecular complexity index is 547. The van der Waals surface area contributed by atoms with Gasteiger partial charge in [-0.15, -0.1) is 0 Å². The number of hydrogen-bond donors (Lipinski definition) is 1. The first-order valence-electron chi connectivity index (χ1n) is 6.41. The summed E-state index contributed by atoms with van der Waals surface area (Å²) in [4.78, 5) is 26.8. The van der Waals surface area contributed by atoms with Crippen LogP contribution in [0, 0.1) is 6.92 Å². The number of hydrogen-bond acceptors (Lipinski definition) is 2. The van der Waals surface area contributed by atoms with Crippen molar-refractivity contribution in [2.45, 2.75) is 19.5 Å². The van der Waals surface area contributed by atoms with Gasteiger partial charge in [0.1, 0.15) is 6.04 Å². The van der Waals surface area contributed by atoms with Crippen LogP contribution in [0.5, 0.6) is 0 Å². The number of carbonyl (C=O) groups excluding carboxylic acids is 2. The van der Waals surface area contributed by atoms with E-state index in [2.05, 4.69) is 5.32 Å². The number of aryl methyl sites for hydroxylation is 1. The van der Waals surface area contributed by atoms with Crippen molar-refractivity contribution in [3.05, 3.63) is 34.3 Å². The first kappa shape index (κ1) is 14.7. The Morgan fingerprint density at radius 3 is 2.70 bits per heavy atom. The summed E-state index contributed by atoms with van der Waals surface area (Å²) in [6, 6.07) is 5.00. The Morgan fingerprint density at radius 2 is 2.15 bits per heavy atom. The van der Waals surface area contributed by atoms with Crippen molar-refractivity contribution in [1.29, 1.82) is 0 Å². The van der Waals surface area contributed by atoms with Gasteiger partial charge in [-0.25, -0.2) is 4.79 Å². The van der Waals surface area contributed by atoms with E-state index in [1.165, 1.54) is 9.80 Å². The molecule has 3 amide bonds. The zero-order valence-corrected chi connectivity index (χ0v) is 12.6. The second-order valence-electron chi connectivity index (χ2n) is 5.08. The number of likely N-dealkylation sites (N-methyl/N-ethyl adjacent to an activating group) is 2. The molecule has 1 fully saturated rings. The van der Waals surface area contributed by atoms with Crippen LogP contribution in [0.1, 0.15) is 11.1 Å². The van der Waals surface area contributed by atoms with E-state index in [0.717, 1.165) is 11.1 Å². The summed E-state index contributed by atoms with van der Waals surface area (Å²) < 4.78 is 0. The van der Waals surface area contributed by atoms with Crippen LogP contribution < -0.4 is 5.32 Å². The average Bonchev–Trinajstić information content (AvgIpc) is 2.65. The molecular weight excluding hydrogens is 278 g/mol. The van der Waals surface area contributed by atoms with Crippen molar-refractivity contribution in [3.63, 3.8) is 0 Å². The summed E-state index contributed by atoms with van der Waals surface area (Å²) >= 11 is 5.90. The minimum Gasteiger partial charge on any atom is -0.350 e. The maximum Gasteiger partial charge on any atom is 0.320 e. The van der Waals surface area contributed by atoms with Crippen LogP contribution in [0.25, 0.3) is 0 Å². The summed E-state index contributed by atoms with van der Waals surface area (Å²) in [5.74, 6) is -0.139. The van der Waals surface area contributed by atoms with Gasteiger partial charge in [-0.3, -0.25) is 4.79 Å². The Labute approximate surface area is 123 Å². The van der Waals surface area contributed by atoms with Crippen molar-refractivity contribution in [1.82, 2.24) is 15.1 Å². The molecule has 1 atom stereocenters. The first-order chi connectivity index (χ1) is 9.40. The van der Waals surface area contributed by atoms with E-state index in [0.29, 0.717) is 18.1 Å². The fourth-order valence-electron chi connectivity index (χ4n) is 2.28. The summed E-state index contributed by atoms with van der Waals surface area (Å²) in [5.41, 5.74) is 2.05. The predicted octanol–water partition coefficient (Wildman–Crippen LogP) is 1.63. The van der Waals surface area contributed by atoms with Gasteiger partial charge in [0.05, 0.1) is 6.54 Å². The molecule has 0 radical (unpaired) electrons. The van der Waals surface area contributed by atoms with Crippen LogP contribution in [0.15, 0.2) is 18.2 Å². The molecule has 1 heterocycles. The molecule has 2 rings (SSSR count). The molecule has 1 unspecified atom stereocenters. The highest BCUT2D eigenvalue weighted by molar-refractivity contribution is 6.30. The van der Waals surface area contributed by atoms with Crippen LogP contribution in [0.2, 0.25) is 5.02 Å². The Hall–Kier alpha value is -1.75. The highest BCUT2D eigenvalue weighted by Gasteiger charge is 2.36. The van der Waals surface area contributed by atoms with Gasteiger partial charge >= 0.3 is 6.03 Å². The molecule has 6 heteroatoms. The quantitative estimate of drug-likeness (QED) is 0.921. The predicted molar refractivity (Wildman–Crippen MR) is 77.6 cm³/mol. The molecule has 1 N–H and O–H groups in total. The van der Waals surface area contributed by atoms with Gasteiger partial charge in [0.2, 0.25) is 5.91 Å². The van der Waals surface area contributed by atoms with E-state index < -0.39 is 6.04 Å². The number of halogens is 1. The first-order valence-corrected chi connectivity index (χ1v) is 6.78. The lowest BCUT2D eigenvalue weighted by atomic mass is 10.1. The fourth-order valence-corrected chi connectivity index (χ4v) is 2.51. The number of rotatable bonds is 3. The number of benzene rings is 1. The summed E-state index contributed by atoms with van der Waals surface area (Å²) in [6.45, 7) is 2.80. The number of urea groups is 1. The zero-order chi connectivity index (χ0) is 14.9. The highest BCUT2D eigenvalue weighted by Crippen LogP contribution is 2.16. The van der Waals surface area contributed by atoms with Crippen LogP contribution in [0.3, 0.4) is 0 Å². The van der Waals surface area contributed by atoms with Gasteiger partial charge in [-0.05, 0) is 30.2 Å². The van der Waals surface area contributed by atoms with Crippen molar-refractivity contribution in [2.75, 3.05) is 20.6 Å². The van der Waals surface area contributed by atoms with Gasteiger partial charge in [0.15, 0.2) is 0 Å². The summed E-state index contributed by atoms with van der Waals surface area (Å²) in [5, 5.41) is 3.55. The molecule has 5 nitrogen and oxygen atoms in total. The molecule has 0 saturated carbocycles. The average molecular weight is 296 g/mol. The highest BCUT2D eigenvalue weighted by atomic mass is 35.5. The minimum atomic E-state index is -0.430. The molecule has 0 bridgehead atoms. The number of carbonyl (C=O) groups is 2. The van der Waals surface area contributed by atoms with Gasteiger partial charge < -0.3 is 15.1 Å². The molecule has 1 aromatic rings. The second-order valence-corrected chi connectivity index (χ2v) is 5.51. The molecule has 0 aromatic heterocycles. The van der Waals surface area contributed by atoms with E-state index >= 15 is 0 Å². The van der Waals surface area contributed by atoms with Crippen molar-refractivity contribution >= 4 is 23.5 Å². The molecule has 108 valence electrons. The van der Waals surface area contributed by atoms with E-state index in [4.69, 9.17) is 11.6 Å². The normalized spacial score (nSPS) is 18.6. The zero-order valence-electron chi connectivity index (χ0n) is 11.8. The maximum atomic E-state index is 12.1. The van der Waals surface area contributed by atoms with Crippen LogP contribution in [0.4, 0.5) is 4.79 Å². The standard InChI is InChI=1S/C14H18ClN3O2/c1-9-6-11(15)5-4-10(9)7-16-13(19)12-8-17(2)14(20)18(12)3/h4-6,12H,7-8H2,1-3H3,(H,16,19). The third kappa shape index (κ3) is 2.88. The van der Waals surface area contributed by atoms with E-state index in [-0.39, 0.29) is 11.9 Å². The van der Waals surface area contributed by atoms with E-state index in [1.807, 2.05) is 19.1 Å². The summed E-state index contributed by atoms with van der Waals surface area (Å²) in [7, 11) is 3.33. The van der Waals surface area contributed by atoms with Crippen LogP contribution in [-0.4, -0.2) is 48.4 Å².